The second-order valence-corrected chi connectivity index (χ2v) is 6.55. The van der Waals surface area contributed by atoms with Crippen LogP contribution in [0.15, 0.2) is 4.79 Å². The molecule has 4 atom stereocenters. The van der Waals surface area contributed by atoms with E-state index in [0.717, 1.165) is 0 Å². The Hall–Kier alpha value is -2.99. The van der Waals surface area contributed by atoms with E-state index in [2.05, 4.69) is 15.0 Å². The molecule has 1 fully saturated rings. The minimum absolute atomic E-state index is 0.0531. The quantitative estimate of drug-likeness (QED) is 0.526. The van der Waals surface area contributed by atoms with Crippen LogP contribution in [0.25, 0.3) is 11.2 Å². The van der Waals surface area contributed by atoms with Gasteiger partial charge in [-0.3, -0.25) is 23.9 Å². The lowest BCUT2D eigenvalue weighted by Gasteiger charge is -2.28. The molecule has 0 amide bonds. The third-order valence-corrected chi connectivity index (χ3v) is 4.62. The number of nitrogens with zero attached hydrogens (tertiary/aromatic N) is 3. The van der Waals surface area contributed by atoms with Gasteiger partial charge < -0.3 is 25.1 Å². The number of rotatable bonds is 3. The highest BCUT2D eigenvalue weighted by Crippen LogP contribution is 2.48. The van der Waals surface area contributed by atoms with Crippen molar-refractivity contribution in [3.63, 3.8) is 0 Å². The zero-order valence-corrected chi connectivity index (χ0v) is 14.5. The number of aromatic nitrogens is 4. The van der Waals surface area contributed by atoms with Gasteiger partial charge in [-0.15, -0.1) is 0 Å². The summed E-state index contributed by atoms with van der Waals surface area (Å²) in [7, 11) is 0. The fourth-order valence-corrected chi connectivity index (χ4v) is 3.64. The van der Waals surface area contributed by atoms with Crippen molar-refractivity contribution >= 4 is 29.1 Å². The first-order chi connectivity index (χ1) is 12.7. The number of aromatic amines is 1. The number of anilines is 1. The molecule has 2 aliphatic rings. The monoisotopic (exact) mass is 379 g/mol. The molecule has 12 nitrogen and oxygen atoms in total. The van der Waals surface area contributed by atoms with Crippen LogP contribution in [0.4, 0.5) is 5.95 Å². The highest BCUT2D eigenvalue weighted by atomic mass is 16.6. The van der Waals surface area contributed by atoms with Crippen LogP contribution in [-0.2, 0) is 30.2 Å². The fourth-order valence-electron chi connectivity index (χ4n) is 3.64. The minimum Gasteiger partial charge on any atom is -0.463 e. The first-order valence-corrected chi connectivity index (χ1v) is 8.15. The van der Waals surface area contributed by atoms with Crippen LogP contribution in [0.2, 0.25) is 0 Å². The summed E-state index contributed by atoms with van der Waals surface area (Å²) >= 11 is 0. The first kappa shape index (κ1) is 17.4. The van der Waals surface area contributed by atoms with E-state index in [9.17, 15) is 19.5 Å². The van der Waals surface area contributed by atoms with E-state index in [-0.39, 0.29) is 30.1 Å². The number of hydrogen-bond acceptors (Lipinski definition) is 10. The van der Waals surface area contributed by atoms with E-state index in [4.69, 9.17) is 19.9 Å². The van der Waals surface area contributed by atoms with E-state index in [1.807, 2.05) is 0 Å². The standard InChI is InChI=1S/C15H17N5O7/c1-5(21)25-4-7-10(26-6(2)22)15(24)3-8-17-9-11(20(8)13(15)27-7)18-14(16)19-12(9)23/h7,10,13,24H,3-4H2,1-2H3,(H3,16,18,19,23)/t7-,10-,13-,15-/m1/s1. The average Bonchev–Trinajstić information content (AvgIpc) is 3.11. The van der Waals surface area contributed by atoms with Gasteiger partial charge in [0.1, 0.15) is 18.5 Å². The smallest absolute Gasteiger partial charge is 0.303 e. The van der Waals surface area contributed by atoms with Crippen molar-refractivity contribution in [3.05, 3.63) is 16.2 Å². The second kappa shape index (κ2) is 5.76. The summed E-state index contributed by atoms with van der Waals surface area (Å²) in [6.45, 7) is 2.21. The summed E-state index contributed by atoms with van der Waals surface area (Å²) < 4.78 is 17.5. The van der Waals surface area contributed by atoms with Crippen molar-refractivity contribution in [3.8, 4) is 0 Å². The number of nitrogen functional groups attached to an aromatic ring is 1. The molecule has 0 radical (unpaired) electrons. The molecule has 4 rings (SSSR count). The van der Waals surface area contributed by atoms with Crippen LogP contribution >= 0.6 is 0 Å². The Morgan fingerprint density at radius 1 is 1.41 bits per heavy atom. The Bertz CT molecular complexity index is 1010. The van der Waals surface area contributed by atoms with Crippen molar-refractivity contribution in [1.29, 1.82) is 0 Å². The maximum absolute atomic E-state index is 12.0. The zero-order valence-electron chi connectivity index (χ0n) is 14.5. The Balaban J connectivity index is 1.78. The first-order valence-electron chi connectivity index (χ1n) is 8.15. The van der Waals surface area contributed by atoms with Crippen molar-refractivity contribution in [1.82, 2.24) is 19.5 Å². The van der Waals surface area contributed by atoms with Crippen LogP contribution in [0.1, 0.15) is 25.9 Å². The molecule has 0 saturated carbocycles. The molecule has 12 heteroatoms. The molecular formula is C15H17N5O7. The van der Waals surface area contributed by atoms with Gasteiger partial charge in [-0.2, -0.15) is 4.98 Å². The Morgan fingerprint density at radius 2 is 2.15 bits per heavy atom. The number of ether oxygens (including phenoxy) is 3. The Labute approximate surface area is 151 Å². The predicted octanol–water partition coefficient (Wildman–Crippen LogP) is -1.62. The van der Waals surface area contributed by atoms with Crippen molar-refractivity contribution in [2.24, 2.45) is 0 Å². The summed E-state index contributed by atoms with van der Waals surface area (Å²) in [5, 5.41) is 11.2. The number of H-pyrrole nitrogens is 1. The maximum Gasteiger partial charge on any atom is 0.303 e. The molecule has 4 N–H and O–H groups in total. The SMILES string of the molecule is CC(=O)OC[C@H]1O[C@H]2n3c(nc4c(=O)[nH]c(N)nc43)C[C@@]2(O)[C@@H]1OC(C)=O. The number of imidazole rings is 1. The lowest BCUT2D eigenvalue weighted by Crippen LogP contribution is -2.48. The molecule has 1 saturated heterocycles. The third kappa shape index (κ3) is 2.56. The largest absolute Gasteiger partial charge is 0.463 e. The number of hydrogen-bond donors (Lipinski definition) is 3. The van der Waals surface area contributed by atoms with E-state index in [1.54, 1.807) is 0 Å². The number of fused-ring (bicyclic) bond motifs is 5. The number of nitrogens with two attached hydrogens (primary N) is 1. The molecule has 4 heterocycles. The topological polar surface area (TPSA) is 172 Å². The number of esters is 2. The van der Waals surface area contributed by atoms with Gasteiger partial charge in [-0.1, -0.05) is 0 Å². The van der Waals surface area contributed by atoms with Gasteiger partial charge in [0.15, 0.2) is 29.1 Å². The normalized spacial score (nSPS) is 28.8. The Morgan fingerprint density at radius 3 is 2.81 bits per heavy atom. The van der Waals surface area contributed by atoms with Crippen molar-refractivity contribution in [2.75, 3.05) is 12.3 Å². The highest BCUT2D eigenvalue weighted by Gasteiger charge is 2.63. The van der Waals surface area contributed by atoms with Crippen LogP contribution in [0.3, 0.4) is 0 Å². The highest BCUT2D eigenvalue weighted by molar-refractivity contribution is 5.72. The van der Waals surface area contributed by atoms with Gasteiger partial charge in [0.05, 0.1) is 0 Å². The second-order valence-electron chi connectivity index (χ2n) is 6.55. The number of aliphatic hydroxyl groups is 1. The summed E-state index contributed by atoms with van der Waals surface area (Å²) in [5.74, 6) is -0.946. The van der Waals surface area contributed by atoms with Crippen LogP contribution in [0.5, 0.6) is 0 Å². The predicted molar refractivity (Wildman–Crippen MR) is 87.3 cm³/mol. The number of carbonyl (C=O) groups is 2. The van der Waals surface area contributed by atoms with E-state index >= 15 is 0 Å². The molecular weight excluding hydrogens is 362 g/mol. The molecule has 27 heavy (non-hydrogen) atoms. The van der Waals surface area contributed by atoms with E-state index < -0.39 is 41.5 Å². The zero-order chi connectivity index (χ0) is 19.5. The molecule has 2 aliphatic heterocycles. The molecule has 0 aromatic carbocycles. The van der Waals surface area contributed by atoms with Crippen molar-refractivity contribution < 1.29 is 28.9 Å². The van der Waals surface area contributed by atoms with Crippen LogP contribution in [0, 0.1) is 0 Å². The molecule has 2 aromatic heterocycles. The average molecular weight is 379 g/mol. The third-order valence-electron chi connectivity index (χ3n) is 4.62. The van der Waals surface area contributed by atoms with Gasteiger partial charge in [0.25, 0.3) is 5.56 Å². The molecule has 0 bridgehead atoms. The Kier molecular flexibility index (Phi) is 3.71. The fraction of sp³-hybridized carbons (Fsp3) is 0.533. The number of carbonyl (C=O) groups excluding carboxylic acids is 2. The van der Waals surface area contributed by atoms with Gasteiger partial charge in [-0.05, 0) is 0 Å². The van der Waals surface area contributed by atoms with Crippen LogP contribution in [-0.4, -0.2) is 61.0 Å². The number of nitrogens with one attached hydrogen (secondary N) is 1. The van der Waals surface area contributed by atoms with Crippen molar-refractivity contribution in [2.45, 2.75) is 44.3 Å². The summed E-state index contributed by atoms with van der Waals surface area (Å²) in [6.07, 6.45) is -3.11. The summed E-state index contributed by atoms with van der Waals surface area (Å²) in [6, 6.07) is 0. The minimum atomic E-state index is -1.66. The molecule has 0 aliphatic carbocycles. The maximum atomic E-state index is 12.0. The van der Waals surface area contributed by atoms with Gasteiger partial charge in [0, 0.05) is 20.3 Å². The molecule has 0 spiro atoms. The van der Waals surface area contributed by atoms with Gasteiger partial charge in [-0.25, -0.2) is 4.98 Å². The molecule has 2 aromatic rings. The summed E-state index contributed by atoms with van der Waals surface area (Å²) in [5.41, 5.74) is 3.63. The molecule has 144 valence electrons. The lowest BCUT2D eigenvalue weighted by molar-refractivity contribution is -0.163. The van der Waals surface area contributed by atoms with E-state index in [0.29, 0.717) is 5.82 Å². The van der Waals surface area contributed by atoms with Gasteiger partial charge in [0.2, 0.25) is 5.95 Å². The van der Waals surface area contributed by atoms with E-state index in [1.165, 1.54) is 18.4 Å². The summed E-state index contributed by atoms with van der Waals surface area (Å²) in [4.78, 5) is 45.4. The van der Waals surface area contributed by atoms with Crippen LogP contribution < -0.4 is 11.3 Å². The molecule has 0 unspecified atom stereocenters. The lowest BCUT2D eigenvalue weighted by atomic mass is 9.92. The van der Waals surface area contributed by atoms with Gasteiger partial charge >= 0.3 is 11.9 Å².